The minimum absolute atomic E-state index is 0.0196. The first-order valence-electron chi connectivity index (χ1n) is 13.3. The maximum absolute atomic E-state index is 13.9. The highest BCUT2D eigenvalue weighted by molar-refractivity contribution is 5.92. The molecule has 2 aliphatic heterocycles. The van der Waals surface area contributed by atoms with Crippen LogP contribution in [0.1, 0.15) is 51.3 Å². The number of H-pyrrole nitrogens is 1. The number of para-hydroxylation sites is 1. The van der Waals surface area contributed by atoms with Crippen molar-refractivity contribution in [3.05, 3.63) is 35.5 Å². The molecule has 2 aromatic rings. The summed E-state index contributed by atoms with van der Waals surface area (Å²) in [5.41, 5.74) is 2.43. The van der Waals surface area contributed by atoms with Crippen LogP contribution in [0.4, 0.5) is 0 Å². The van der Waals surface area contributed by atoms with Gasteiger partial charge in [0.25, 0.3) is 0 Å². The molecule has 0 radical (unpaired) electrons. The van der Waals surface area contributed by atoms with Gasteiger partial charge in [-0.2, -0.15) is 0 Å². The fraction of sp³-hybridized carbons (Fsp3) is 0.607. The highest BCUT2D eigenvalue weighted by atomic mass is 16.2. The van der Waals surface area contributed by atoms with Gasteiger partial charge in [-0.05, 0) is 72.3 Å². The fourth-order valence-electron chi connectivity index (χ4n) is 6.21. The number of hydrogen-bond acceptors (Lipinski definition) is 4. The minimum atomic E-state index is -0.776. The second kappa shape index (κ2) is 10.6. The Hall–Kier alpha value is -2.87. The van der Waals surface area contributed by atoms with E-state index in [0.29, 0.717) is 32.6 Å². The normalized spacial score (nSPS) is 23.5. The first-order chi connectivity index (χ1) is 17.2. The number of carbonyl (C=O) groups excluding carboxylic acids is 3. The van der Waals surface area contributed by atoms with Gasteiger partial charge in [-0.15, -0.1) is 0 Å². The Morgan fingerprint density at radius 1 is 1.19 bits per heavy atom. The van der Waals surface area contributed by atoms with Crippen molar-refractivity contribution in [1.82, 2.24) is 25.0 Å². The average Bonchev–Trinajstić information content (AvgIpc) is 3.24. The Balaban J connectivity index is 1.65. The van der Waals surface area contributed by atoms with Crippen LogP contribution in [-0.4, -0.2) is 84.2 Å². The van der Waals surface area contributed by atoms with Gasteiger partial charge in [0.15, 0.2) is 0 Å². The molecule has 0 spiro atoms. The highest BCUT2D eigenvalue weighted by Gasteiger charge is 2.57. The number of nitrogens with one attached hydrogen (secondary N) is 2. The van der Waals surface area contributed by atoms with Gasteiger partial charge < -0.3 is 25.0 Å². The number of piperidine rings is 1. The molecule has 1 aromatic carbocycles. The third-order valence-corrected chi connectivity index (χ3v) is 8.19. The van der Waals surface area contributed by atoms with Crippen LogP contribution in [0.15, 0.2) is 24.3 Å². The molecule has 1 aromatic heterocycles. The van der Waals surface area contributed by atoms with Crippen molar-refractivity contribution in [3.8, 4) is 0 Å². The Labute approximate surface area is 214 Å². The van der Waals surface area contributed by atoms with Crippen LogP contribution in [0.25, 0.3) is 10.9 Å². The second-order valence-electron chi connectivity index (χ2n) is 10.6. The number of nitrogens with zero attached hydrogens (tertiary/aromatic N) is 3. The molecule has 3 heterocycles. The molecule has 2 aliphatic rings. The van der Waals surface area contributed by atoms with Crippen molar-refractivity contribution in [2.45, 2.75) is 52.0 Å². The Kier molecular flexibility index (Phi) is 7.73. The lowest BCUT2D eigenvalue weighted by Crippen LogP contribution is -2.64. The van der Waals surface area contributed by atoms with E-state index < -0.39 is 17.4 Å². The van der Waals surface area contributed by atoms with Crippen LogP contribution in [0.3, 0.4) is 0 Å². The molecule has 1 unspecified atom stereocenters. The molecule has 196 valence electrons. The molecule has 8 heteroatoms. The van der Waals surface area contributed by atoms with Gasteiger partial charge >= 0.3 is 0 Å². The SMILES string of the molecule is CCN(CC)C(=O)[C@H]1CC(CC(=O)NCCCN(C)C)C(=O)N2CCc3c([nH]c4ccccc34)[C@]12C. The second-order valence-corrected chi connectivity index (χ2v) is 10.6. The lowest BCUT2D eigenvalue weighted by molar-refractivity contribution is -0.164. The number of aromatic nitrogens is 1. The van der Waals surface area contributed by atoms with E-state index in [4.69, 9.17) is 0 Å². The lowest BCUT2D eigenvalue weighted by atomic mass is 9.67. The van der Waals surface area contributed by atoms with E-state index in [9.17, 15) is 14.4 Å². The van der Waals surface area contributed by atoms with Crippen LogP contribution in [-0.2, 0) is 26.3 Å². The standard InChI is InChI=1S/C28H41N5O3/c1-6-32(7-2)27(36)22-17-19(18-24(34)29-14-10-15-31(4)5)26(35)33-16-13-21-20-11-8-9-12-23(20)30-25(21)28(22,33)3/h8-9,11-12,19,22,30H,6-7,10,13-18H2,1-5H3,(H,29,34)/t19?,22-,28+/m1/s1. The van der Waals surface area contributed by atoms with E-state index in [2.05, 4.69) is 27.3 Å². The Bertz CT molecular complexity index is 1120. The maximum Gasteiger partial charge on any atom is 0.228 e. The third kappa shape index (κ3) is 4.63. The van der Waals surface area contributed by atoms with Gasteiger partial charge in [-0.1, -0.05) is 18.2 Å². The molecule has 8 nitrogen and oxygen atoms in total. The van der Waals surface area contributed by atoms with E-state index in [1.807, 2.05) is 56.8 Å². The zero-order valence-electron chi connectivity index (χ0n) is 22.4. The molecule has 4 rings (SSSR count). The molecular weight excluding hydrogens is 454 g/mol. The van der Waals surface area contributed by atoms with Crippen molar-refractivity contribution >= 4 is 28.6 Å². The van der Waals surface area contributed by atoms with E-state index in [0.717, 1.165) is 36.0 Å². The maximum atomic E-state index is 13.9. The first-order valence-corrected chi connectivity index (χ1v) is 13.3. The molecule has 1 fully saturated rings. The number of aromatic amines is 1. The van der Waals surface area contributed by atoms with Gasteiger partial charge in [-0.25, -0.2) is 0 Å². The van der Waals surface area contributed by atoms with E-state index >= 15 is 0 Å². The van der Waals surface area contributed by atoms with Crippen LogP contribution in [0.2, 0.25) is 0 Å². The largest absolute Gasteiger partial charge is 0.356 e. The summed E-state index contributed by atoms with van der Waals surface area (Å²) in [6, 6.07) is 8.20. The summed E-state index contributed by atoms with van der Waals surface area (Å²) in [6.07, 6.45) is 2.08. The third-order valence-electron chi connectivity index (χ3n) is 8.19. The predicted octanol–water partition coefficient (Wildman–Crippen LogP) is 2.73. The van der Waals surface area contributed by atoms with Crippen LogP contribution >= 0.6 is 0 Å². The molecule has 0 saturated carbocycles. The molecule has 2 N–H and O–H groups in total. The van der Waals surface area contributed by atoms with Gasteiger partial charge in [0.1, 0.15) is 0 Å². The summed E-state index contributed by atoms with van der Waals surface area (Å²) >= 11 is 0. The minimum Gasteiger partial charge on any atom is -0.356 e. The van der Waals surface area contributed by atoms with E-state index in [1.54, 1.807) is 0 Å². The van der Waals surface area contributed by atoms with Crippen molar-refractivity contribution < 1.29 is 14.4 Å². The summed E-state index contributed by atoms with van der Waals surface area (Å²) in [4.78, 5) is 50.0. The first kappa shape index (κ1) is 26.2. The predicted molar refractivity (Wildman–Crippen MR) is 141 cm³/mol. The molecule has 3 amide bonds. The lowest BCUT2D eigenvalue weighted by Gasteiger charge is -2.54. The number of rotatable bonds is 9. The number of carbonyl (C=O) groups is 3. The number of hydrogen-bond donors (Lipinski definition) is 2. The van der Waals surface area contributed by atoms with Gasteiger partial charge in [0, 0.05) is 55.1 Å². The van der Waals surface area contributed by atoms with E-state index in [-0.39, 0.29) is 24.1 Å². The number of amides is 3. The van der Waals surface area contributed by atoms with Gasteiger partial charge in [-0.3, -0.25) is 14.4 Å². The molecular formula is C28H41N5O3. The van der Waals surface area contributed by atoms with Crippen molar-refractivity contribution in [2.24, 2.45) is 11.8 Å². The molecule has 36 heavy (non-hydrogen) atoms. The Morgan fingerprint density at radius 3 is 2.61 bits per heavy atom. The van der Waals surface area contributed by atoms with Gasteiger partial charge in [0.2, 0.25) is 17.7 Å². The van der Waals surface area contributed by atoms with Crippen molar-refractivity contribution in [3.63, 3.8) is 0 Å². The van der Waals surface area contributed by atoms with Crippen molar-refractivity contribution in [2.75, 3.05) is 46.8 Å². The van der Waals surface area contributed by atoms with Crippen LogP contribution < -0.4 is 5.32 Å². The fourth-order valence-corrected chi connectivity index (χ4v) is 6.21. The topological polar surface area (TPSA) is 88.8 Å². The summed E-state index contributed by atoms with van der Waals surface area (Å²) in [5.74, 6) is -0.999. The number of benzene rings is 1. The monoisotopic (exact) mass is 495 g/mol. The molecule has 0 aliphatic carbocycles. The molecule has 0 bridgehead atoms. The van der Waals surface area contributed by atoms with E-state index in [1.165, 1.54) is 5.56 Å². The Morgan fingerprint density at radius 2 is 1.92 bits per heavy atom. The summed E-state index contributed by atoms with van der Waals surface area (Å²) in [7, 11) is 4.01. The molecule has 1 saturated heterocycles. The zero-order chi connectivity index (χ0) is 26.0. The number of fused-ring (bicyclic) bond motifs is 5. The summed E-state index contributed by atoms with van der Waals surface area (Å²) < 4.78 is 0. The van der Waals surface area contributed by atoms with Gasteiger partial charge in [0.05, 0.1) is 11.5 Å². The van der Waals surface area contributed by atoms with Crippen molar-refractivity contribution in [1.29, 1.82) is 0 Å². The summed E-state index contributed by atoms with van der Waals surface area (Å²) in [6.45, 7) is 9.28. The van der Waals surface area contributed by atoms with Crippen LogP contribution in [0.5, 0.6) is 0 Å². The average molecular weight is 496 g/mol. The summed E-state index contributed by atoms with van der Waals surface area (Å²) in [5, 5.41) is 4.13. The quantitative estimate of drug-likeness (QED) is 0.524. The zero-order valence-corrected chi connectivity index (χ0v) is 22.4. The molecule has 3 atom stereocenters. The highest BCUT2D eigenvalue weighted by Crippen LogP contribution is 2.50. The smallest absolute Gasteiger partial charge is 0.228 e. The van der Waals surface area contributed by atoms with Crippen LogP contribution in [0, 0.1) is 11.8 Å².